The zero-order valence-corrected chi connectivity index (χ0v) is 8.79. The van der Waals surface area contributed by atoms with Gasteiger partial charge in [0.1, 0.15) is 0 Å². The Labute approximate surface area is 80.3 Å². The Morgan fingerprint density at radius 3 is 2.54 bits per heavy atom. The highest BCUT2D eigenvalue weighted by Crippen LogP contribution is 2.21. The second kappa shape index (κ2) is 4.20. The number of nitrogens with two attached hydrogens (primary N) is 1. The summed E-state index contributed by atoms with van der Waals surface area (Å²) in [5, 5.41) is 0. The van der Waals surface area contributed by atoms with E-state index in [2.05, 4.69) is 4.90 Å². The molecule has 1 aliphatic rings. The van der Waals surface area contributed by atoms with Crippen molar-refractivity contribution >= 4 is 5.78 Å². The third-order valence-electron chi connectivity index (χ3n) is 2.71. The second-order valence-electron chi connectivity index (χ2n) is 4.19. The van der Waals surface area contributed by atoms with Crippen LogP contribution in [-0.2, 0) is 4.79 Å². The summed E-state index contributed by atoms with van der Waals surface area (Å²) in [4.78, 5) is 13.9. The van der Waals surface area contributed by atoms with E-state index in [0.29, 0.717) is 5.78 Å². The number of rotatable bonds is 3. The number of Topliss-reactive ketones (excluding diaryl/α,β-unsaturated/α-hetero) is 1. The summed E-state index contributed by atoms with van der Waals surface area (Å²) in [5.41, 5.74) is 5.80. The van der Waals surface area contributed by atoms with E-state index in [9.17, 15) is 4.79 Å². The van der Waals surface area contributed by atoms with Crippen LogP contribution in [0.3, 0.4) is 0 Å². The average Bonchev–Trinajstić information content (AvgIpc) is 2.50. The first-order chi connectivity index (χ1) is 6.04. The molecule has 76 valence electrons. The summed E-state index contributed by atoms with van der Waals surface area (Å²) < 4.78 is 0. The molecule has 0 radical (unpaired) electrons. The molecule has 0 saturated carbocycles. The van der Waals surface area contributed by atoms with Crippen molar-refractivity contribution < 1.29 is 4.79 Å². The minimum absolute atomic E-state index is 0.00944. The molecule has 1 fully saturated rings. The van der Waals surface area contributed by atoms with Crippen LogP contribution >= 0.6 is 0 Å². The largest absolute Gasteiger partial charge is 0.316 e. The monoisotopic (exact) mass is 184 g/mol. The first kappa shape index (κ1) is 10.7. The Morgan fingerprint density at radius 2 is 2.08 bits per heavy atom. The fourth-order valence-electron chi connectivity index (χ4n) is 1.97. The first-order valence-corrected chi connectivity index (χ1v) is 5.09. The molecule has 0 amide bonds. The van der Waals surface area contributed by atoms with Gasteiger partial charge in [-0.05, 0) is 19.8 Å². The lowest BCUT2D eigenvalue weighted by atomic mass is 10.00. The van der Waals surface area contributed by atoms with E-state index in [-0.39, 0.29) is 18.1 Å². The van der Waals surface area contributed by atoms with Crippen LogP contribution in [0.5, 0.6) is 0 Å². The predicted molar refractivity (Wildman–Crippen MR) is 53.2 cm³/mol. The van der Waals surface area contributed by atoms with Crippen molar-refractivity contribution in [3.05, 3.63) is 0 Å². The molecule has 0 spiro atoms. The zero-order chi connectivity index (χ0) is 10.0. The Morgan fingerprint density at radius 1 is 1.46 bits per heavy atom. The van der Waals surface area contributed by atoms with Crippen LogP contribution in [-0.4, -0.2) is 29.4 Å². The molecule has 2 N–H and O–H groups in total. The van der Waals surface area contributed by atoms with Gasteiger partial charge in [0, 0.05) is 12.5 Å². The summed E-state index contributed by atoms with van der Waals surface area (Å²) in [5.74, 6) is 0.471. The van der Waals surface area contributed by atoms with E-state index < -0.39 is 0 Å². The predicted octanol–water partition coefficient (Wildman–Crippen LogP) is 0.981. The first-order valence-electron chi connectivity index (χ1n) is 5.09. The van der Waals surface area contributed by atoms with E-state index in [1.165, 1.54) is 0 Å². The lowest BCUT2D eigenvalue weighted by Crippen LogP contribution is -2.47. The Hall–Kier alpha value is -0.410. The van der Waals surface area contributed by atoms with Crippen molar-refractivity contribution in [3.63, 3.8) is 0 Å². The standard InChI is InChI=1S/C10H20N2O/c1-7(2)10(13)9-5-4-6-12(9)8(3)11/h7-9H,4-6,11H2,1-3H3/t8?,9-/m0/s1. The van der Waals surface area contributed by atoms with E-state index in [1.807, 2.05) is 20.8 Å². The lowest BCUT2D eigenvalue weighted by Gasteiger charge is -2.27. The molecule has 1 rings (SSSR count). The van der Waals surface area contributed by atoms with E-state index >= 15 is 0 Å². The summed E-state index contributed by atoms with van der Waals surface area (Å²) in [6.07, 6.45) is 2.10. The number of nitrogens with zero attached hydrogens (tertiary/aromatic N) is 1. The number of carbonyl (C=O) groups is 1. The molecule has 0 bridgehead atoms. The molecule has 0 aliphatic carbocycles. The van der Waals surface area contributed by atoms with Gasteiger partial charge in [-0.15, -0.1) is 0 Å². The van der Waals surface area contributed by atoms with Crippen LogP contribution in [0, 0.1) is 5.92 Å². The van der Waals surface area contributed by atoms with E-state index in [0.717, 1.165) is 19.4 Å². The molecule has 1 unspecified atom stereocenters. The molecule has 3 heteroatoms. The van der Waals surface area contributed by atoms with E-state index in [1.54, 1.807) is 0 Å². The van der Waals surface area contributed by atoms with Gasteiger partial charge >= 0.3 is 0 Å². The molecule has 3 nitrogen and oxygen atoms in total. The average molecular weight is 184 g/mol. The molecule has 0 aromatic carbocycles. The van der Waals surface area contributed by atoms with Gasteiger partial charge in [-0.25, -0.2) is 0 Å². The van der Waals surface area contributed by atoms with Crippen LogP contribution in [0.1, 0.15) is 33.6 Å². The maximum Gasteiger partial charge on any atom is 0.152 e. The van der Waals surface area contributed by atoms with Crippen LogP contribution in [0.2, 0.25) is 0 Å². The Bertz CT molecular complexity index is 189. The summed E-state index contributed by atoms with van der Waals surface area (Å²) in [6, 6.07) is 0.0833. The third-order valence-corrected chi connectivity index (χ3v) is 2.71. The topological polar surface area (TPSA) is 46.3 Å². The van der Waals surface area contributed by atoms with Crippen molar-refractivity contribution in [3.8, 4) is 0 Å². The highest BCUT2D eigenvalue weighted by atomic mass is 16.1. The van der Waals surface area contributed by atoms with Crippen molar-refractivity contribution in [1.29, 1.82) is 0 Å². The van der Waals surface area contributed by atoms with Crippen molar-refractivity contribution in [2.45, 2.75) is 45.8 Å². The van der Waals surface area contributed by atoms with Gasteiger partial charge in [0.05, 0.1) is 12.2 Å². The number of ketones is 1. The van der Waals surface area contributed by atoms with Crippen LogP contribution in [0.25, 0.3) is 0 Å². The molecule has 0 aromatic heterocycles. The fourth-order valence-corrected chi connectivity index (χ4v) is 1.97. The SMILES string of the molecule is CC(C)C(=O)[C@@H]1CCCN1C(C)N. The summed E-state index contributed by atoms with van der Waals surface area (Å²) in [6.45, 7) is 6.84. The van der Waals surface area contributed by atoms with Gasteiger partial charge in [0.2, 0.25) is 0 Å². The molecule has 13 heavy (non-hydrogen) atoms. The molecular formula is C10H20N2O. The minimum Gasteiger partial charge on any atom is -0.316 e. The Kier molecular flexibility index (Phi) is 3.45. The number of hydrogen-bond acceptors (Lipinski definition) is 3. The highest BCUT2D eigenvalue weighted by molar-refractivity contribution is 5.86. The van der Waals surface area contributed by atoms with E-state index in [4.69, 9.17) is 5.73 Å². The normalized spacial score (nSPS) is 26.7. The number of likely N-dealkylation sites (tertiary alicyclic amines) is 1. The van der Waals surface area contributed by atoms with Crippen LogP contribution in [0.4, 0.5) is 0 Å². The van der Waals surface area contributed by atoms with Crippen molar-refractivity contribution in [2.24, 2.45) is 11.7 Å². The second-order valence-corrected chi connectivity index (χ2v) is 4.19. The van der Waals surface area contributed by atoms with Gasteiger partial charge in [0.25, 0.3) is 0 Å². The quantitative estimate of drug-likeness (QED) is 0.711. The zero-order valence-electron chi connectivity index (χ0n) is 8.79. The molecule has 1 saturated heterocycles. The van der Waals surface area contributed by atoms with Gasteiger partial charge in [-0.2, -0.15) is 0 Å². The van der Waals surface area contributed by atoms with Crippen LogP contribution < -0.4 is 5.73 Å². The third kappa shape index (κ3) is 2.29. The fraction of sp³-hybridized carbons (Fsp3) is 0.900. The maximum absolute atomic E-state index is 11.8. The van der Waals surface area contributed by atoms with Crippen molar-refractivity contribution in [2.75, 3.05) is 6.54 Å². The van der Waals surface area contributed by atoms with Crippen LogP contribution in [0.15, 0.2) is 0 Å². The van der Waals surface area contributed by atoms with Crippen molar-refractivity contribution in [1.82, 2.24) is 4.90 Å². The van der Waals surface area contributed by atoms with Gasteiger partial charge in [-0.3, -0.25) is 9.69 Å². The number of carbonyl (C=O) groups excluding carboxylic acids is 1. The Balaban J connectivity index is 2.63. The van der Waals surface area contributed by atoms with Gasteiger partial charge < -0.3 is 5.73 Å². The molecule has 0 aromatic rings. The molecular weight excluding hydrogens is 164 g/mol. The molecule has 1 heterocycles. The highest BCUT2D eigenvalue weighted by Gasteiger charge is 2.33. The van der Waals surface area contributed by atoms with Gasteiger partial charge in [0.15, 0.2) is 5.78 Å². The molecule has 1 aliphatic heterocycles. The maximum atomic E-state index is 11.8. The number of hydrogen-bond donors (Lipinski definition) is 1. The van der Waals surface area contributed by atoms with Gasteiger partial charge in [-0.1, -0.05) is 13.8 Å². The molecule has 2 atom stereocenters. The smallest absolute Gasteiger partial charge is 0.152 e. The summed E-state index contributed by atoms with van der Waals surface area (Å²) in [7, 11) is 0. The minimum atomic E-state index is 0.00944. The lowest BCUT2D eigenvalue weighted by molar-refractivity contribution is -0.126. The summed E-state index contributed by atoms with van der Waals surface area (Å²) >= 11 is 0.